The van der Waals surface area contributed by atoms with Gasteiger partial charge in [0.1, 0.15) is 11.4 Å². The second kappa shape index (κ2) is 10.9. The van der Waals surface area contributed by atoms with E-state index in [4.69, 9.17) is 13.9 Å². The molecule has 4 bridgehead atoms. The fourth-order valence-corrected chi connectivity index (χ4v) is 5.00. The smallest absolute Gasteiger partial charge is 0.415 e. The van der Waals surface area contributed by atoms with E-state index in [2.05, 4.69) is 15.2 Å². The number of nitro groups is 1. The van der Waals surface area contributed by atoms with Crippen LogP contribution in [-0.4, -0.2) is 52.1 Å². The molecule has 41 heavy (non-hydrogen) atoms. The van der Waals surface area contributed by atoms with Crippen LogP contribution in [0.5, 0.6) is 0 Å². The molecule has 10 nitrogen and oxygen atoms in total. The minimum absolute atomic E-state index is 0.0897. The quantitative estimate of drug-likeness (QED) is 0.212. The van der Waals surface area contributed by atoms with Crippen LogP contribution in [-0.2, 0) is 27.9 Å². The van der Waals surface area contributed by atoms with E-state index in [1.807, 2.05) is 0 Å². The number of ether oxygens (including phenoxy) is 2. The average Bonchev–Trinajstić information content (AvgIpc) is 3.59. The largest absolute Gasteiger partial charge is 0.426 e. The number of pyridine rings is 1. The molecule has 0 amide bonds. The monoisotopic (exact) mass is 587 g/mol. The van der Waals surface area contributed by atoms with E-state index in [0.717, 1.165) is 0 Å². The molecule has 1 aromatic carbocycles. The number of rotatable bonds is 4. The van der Waals surface area contributed by atoms with Crippen LogP contribution in [0, 0.1) is 10.1 Å². The number of anilines is 1. The van der Waals surface area contributed by atoms with Crippen molar-refractivity contribution in [2.24, 2.45) is 0 Å². The molecule has 2 aliphatic heterocycles. The fraction of sp³-hybridized carbons (Fsp3) is 0.480. The highest BCUT2D eigenvalue weighted by atomic mass is 19.4. The van der Waals surface area contributed by atoms with Gasteiger partial charge in [0.05, 0.1) is 24.2 Å². The second-order valence-electron chi connectivity index (χ2n) is 9.66. The van der Waals surface area contributed by atoms with Crippen molar-refractivity contribution in [2.75, 3.05) is 24.7 Å². The summed E-state index contributed by atoms with van der Waals surface area (Å²) in [7, 11) is 0. The first kappa shape index (κ1) is 28.7. The van der Waals surface area contributed by atoms with Gasteiger partial charge in [-0.3, -0.25) is 10.1 Å². The first-order chi connectivity index (χ1) is 19.4. The summed E-state index contributed by atoms with van der Waals surface area (Å²) < 4.78 is 103. The summed E-state index contributed by atoms with van der Waals surface area (Å²) in [5.74, 6) is -2.55. The molecule has 0 N–H and O–H groups in total. The van der Waals surface area contributed by atoms with Crippen LogP contribution < -0.4 is 4.90 Å². The van der Waals surface area contributed by atoms with Crippen molar-refractivity contribution < 1.29 is 45.2 Å². The Labute approximate surface area is 228 Å². The molecule has 3 aromatic rings. The van der Waals surface area contributed by atoms with E-state index in [1.165, 1.54) is 4.90 Å². The summed E-state index contributed by atoms with van der Waals surface area (Å²) in [6, 6.07) is 7.71. The maximum absolute atomic E-state index is 14.8. The highest BCUT2D eigenvalue weighted by Crippen LogP contribution is 2.48. The lowest BCUT2D eigenvalue weighted by Gasteiger charge is -2.33. The summed E-state index contributed by atoms with van der Waals surface area (Å²) >= 11 is 0. The molecule has 0 saturated carbocycles. The summed E-state index contributed by atoms with van der Waals surface area (Å²) in [6.07, 6.45) is -10.1. The Morgan fingerprint density at radius 3 is 2.56 bits per heavy atom. The first-order valence-electron chi connectivity index (χ1n) is 12.6. The molecule has 1 saturated heterocycles. The number of hydrogen-bond acceptors (Lipinski definition) is 9. The lowest BCUT2D eigenvalue weighted by Crippen LogP contribution is -2.45. The van der Waals surface area contributed by atoms with Crippen LogP contribution in [0.15, 0.2) is 40.8 Å². The molecule has 2 aromatic heterocycles. The molecule has 2 atom stereocenters. The van der Waals surface area contributed by atoms with Crippen LogP contribution in [0.1, 0.15) is 42.7 Å². The number of hydrogen-bond donors (Lipinski definition) is 0. The molecule has 0 spiro atoms. The van der Waals surface area contributed by atoms with Gasteiger partial charge >= 0.3 is 18.0 Å². The van der Waals surface area contributed by atoms with Gasteiger partial charge in [0.2, 0.25) is 11.3 Å². The van der Waals surface area contributed by atoms with Gasteiger partial charge in [0.15, 0.2) is 0 Å². The SMILES string of the molecule is O=[N+]([O-])c1cc(C(F)(F)F)c2nc1-c1nnc(o1)C(OCc1ccccc1)(C(F)(F)F)CCCOC[C@@H]1CCCN21. The summed E-state index contributed by atoms with van der Waals surface area (Å²) in [6.45, 7) is -0.601. The average molecular weight is 587 g/mol. The molecular weight excluding hydrogens is 564 g/mol. The van der Waals surface area contributed by atoms with Gasteiger partial charge in [-0.25, -0.2) is 4.98 Å². The zero-order valence-corrected chi connectivity index (χ0v) is 21.2. The molecular formula is C25H23F6N5O5. The molecule has 0 radical (unpaired) electrons. The maximum atomic E-state index is 14.8. The number of fused-ring (bicyclic) bond motifs is 7. The zero-order valence-electron chi connectivity index (χ0n) is 21.2. The molecule has 1 fully saturated rings. The molecule has 4 heterocycles. The van der Waals surface area contributed by atoms with Gasteiger partial charge in [0, 0.05) is 19.2 Å². The van der Waals surface area contributed by atoms with Crippen molar-refractivity contribution in [2.45, 2.75) is 56.3 Å². The first-order valence-corrected chi connectivity index (χ1v) is 12.6. The minimum Gasteiger partial charge on any atom is -0.415 e. The number of nitrogens with zero attached hydrogens (tertiary/aromatic N) is 5. The van der Waals surface area contributed by atoms with Crippen LogP contribution in [0.3, 0.4) is 0 Å². The molecule has 16 heteroatoms. The Morgan fingerprint density at radius 1 is 1.12 bits per heavy atom. The summed E-state index contributed by atoms with van der Waals surface area (Å²) in [5, 5.41) is 18.9. The van der Waals surface area contributed by atoms with Gasteiger partial charge < -0.3 is 18.8 Å². The van der Waals surface area contributed by atoms with E-state index >= 15 is 0 Å². The molecule has 1 unspecified atom stereocenters. The Kier molecular flexibility index (Phi) is 7.63. The van der Waals surface area contributed by atoms with E-state index in [9.17, 15) is 36.5 Å². The van der Waals surface area contributed by atoms with E-state index in [1.54, 1.807) is 30.3 Å². The normalized spacial score (nSPS) is 21.8. The number of benzene rings is 1. The van der Waals surface area contributed by atoms with Gasteiger partial charge in [-0.1, -0.05) is 30.3 Å². The summed E-state index contributed by atoms with van der Waals surface area (Å²) in [4.78, 5) is 16.0. The number of alkyl halides is 6. The van der Waals surface area contributed by atoms with Crippen molar-refractivity contribution in [3.63, 3.8) is 0 Å². The molecule has 5 rings (SSSR count). The third-order valence-corrected chi connectivity index (χ3v) is 7.02. The minimum atomic E-state index is -5.10. The molecule has 2 aliphatic rings. The predicted molar refractivity (Wildman–Crippen MR) is 129 cm³/mol. The third-order valence-electron chi connectivity index (χ3n) is 7.02. The van der Waals surface area contributed by atoms with E-state index in [0.29, 0.717) is 18.4 Å². The number of halogens is 6. The Hall–Kier alpha value is -3.79. The summed E-state index contributed by atoms with van der Waals surface area (Å²) in [5.41, 5.74) is -6.05. The highest BCUT2D eigenvalue weighted by molar-refractivity contribution is 5.68. The van der Waals surface area contributed by atoms with Crippen LogP contribution in [0.4, 0.5) is 37.8 Å². The lowest BCUT2D eigenvalue weighted by atomic mass is 9.96. The van der Waals surface area contributed by atoms with Crippen LogP contribution in [0.2, 0.25) is 0 Å². The Balaban J connectivity index is 1.68. The van der Waals surface area contributed by atoms with Crippen LogP contribution >= 0.6 is 0 Å². The van der Waals surface area contributed by atoms with Gasteiger partial charge in [-0.05, 0) is 31.2 Å². The molecule has 220 valence electrons. The fourth-order valence-electron chi connectivity index (χ4n) is 5.00. The highest BCUT2D eigenvalue weighted by Gasteiger charge is 2.61. The number of aromatic nitrogens is 3. The van der Waals surface area contributed by atoms with Crippen molar-refractivity contribution in [1.29, 1.82) is 0 Å². The predicted octanol–water partition coefficient (Wildman–Crippen LogP) is 5.81. The van der Waals surface area contributed by atoms with Gasteiger partial charge in [0.25, 0.3) is 11.8 Å². The maximum Gasteiger partial charge on any atom is 0.426 e. The van der Waals surface area contributed by atoms with Gasteiger partial charge in [-0.15, -0.1) is 10.2 Å². The van der Waals surface area contributed by atoms with Gasteiger partial charge in [-0.2, -0.15) is 26.3 Å². The van der Waals surface area contributed by atoms with Crippen molar-refractivity contribution in [3.8, 4) is 11.6 Å². The van der Waals surface area contributed by atoms with Crippen molar-refractivity contribution in [1.82, 2.24) is 15.2 Å². The second-order valence-corrected chi connectivity index (χ2v) is 9.66. The Bertz CT molecular complexity index is 1400. The van der Waals surface area contributed by atoms with Crippen LogP contribution in [0.25, 0.3) is 11.6 Å². The Morgan fingerprint density at radius 2 is 1.88 bits per heavy atom. The molecule has 0 aliphatic carbocycles. The van der Waals surface area contributed by atoms with Crippen molar-refractivity contribution >= 4 is 11.5 Å². The third kappa shape index (κ3) is 5.57. The van der Waals surface area contributed by atoms with E-state index < -0.39 is 76.5 Å². The van der Waals surface area contributed by atoms with E-state index in [-0.39, 0.29) is 32.2 Å². The zero-order chi connectivity index (χ0) is 29.4. The topological polar surface area (TPSA) is 117 Å². The van der Waals surface area contributed by atoms with Crippen molar-refractivity contribution in [3.05, 3.63) is 63.5 Å². The lowest BCUT2D eigenvalue weighted by molar-refractivity contribution is -0.384. The standard InChI is InChI=1S/C25H23F6N5O5/c26-24(27,28)17-12-18(36(37)38)19-21-33-34-22(41-21)23(25(29,30)31,40-13-15-6-2-1-3-7-15)9-5-11-39-14-16-8-4-10-35(16)20(17)32-19/h1-3,6-7,12,16H,4-5,8-11,13-14H2/t16-,23?/m0/s1.